The predicted molar refractivity (Wildman–Crippen MR) is 173 cm³/mol. The highest BCUT2D eigenvalue weighted by atomic mass is 32.2. The van der Waals surface area contributed by atoms with Gasteiger partial charge in [-0.3, -0.25) is 28.8 Å². The van der Waals surface area contributed by atoms with Gasteiger partial charge in [0.15, 0.2) is 29.3 Å². The quantitative estimate of drug-likeness (QED) is 0.134. The summed E-state index contributed by atoms with van der Waals surface area (Å²) in [5.74, 6) is -3.72. The topological polar surface area (TPSA) is 204 Å². The van der Waals surface area contributed by atoms with Crippen molar-refractivity contribution in [2.24, 2.45) is 5.10 Å². The van der Waals surface area contributed by atoms with Crippen LogP contribution in [0.5, 0.6) is 5.75 Å². The van der Waals surface area contributed by atoms with Crippen LogP contribution in [-0.2, 0) is 54.3 Å². The Morgan fingerprint density at radius 2 is 1.50 bits per heavy atom. The van der Waals surface area contributed by atoms with Crippen LogP contribution in [0.2, 0.25) is 0 Å². The summed E-state index contributed by atoms with van der Waals surface area (Å²) in [5, 5.41) is 15.5. The zero-order chi connectivity index (χ0) is 36.5. The van der Waals surface area contributed by atoms with Crippen LogP contribution in [0.4, 0.5) is 0 Å². The van der Waals surface area contributed by atoms with Crippen molar-refractivity contribution in [3.8, 4) is 5.75 Å². The molecule has 1 aliphatic rings. The Bertz CT molecular complexity index is 1810. The summed E-state index contributed by atoms with van der Waals surface area (Å²) < 4.78 is 34.3. The van der Waals surface area contributed by atoms with Gasteiger partial charge in [-0.2, -0.15) is 5.01 Å². The van der Waals surface area contributed by atoms with Crippen molar-refractivity contribution >= 4 is 64.1 Å². The number of carbonyl (C=O) groups excluding carboxylic acids is 6. The lowest BCUT2D eigenvalue weighted by Gasteiger charge is -2.35. The normalized spacial score (nSPS) is 15.6. The molecule has 0 spiro atoms. The average molecular weight is 714 g/mol. The highest BCUT2D eigenvalue weighted by molar-refractivity contribution is 7.99. The van der Waals surface area contributed by atoms with Gasteiger partial charge in [0.2, 0.25) is 23.9 Å². The van der Waals surface area contributed by atoms with Gasteiger partial charge in [0.1, 0.15) is 19.0 Å². The van der Waals surface area contributed by atoms with E-state index in [1.807, 2.05) is 36.4 Å². The molecule has 0 saturated heterocycles. The summed E-state index contributed by atoms with van der Waals surface area (Å²) in [4.78, 5) is 73.4. The van der Waals surface area contributed by atoms with Gasteiger partial charge >= 0.3 is 23.9 Å². The Hall–Kier alpha value is -5.52. The van der Waals surface area contributed by atoms with Crippen LogP contribution in [0.3, 0.4) is 0 Å². The number of rotatable bonds is 14. The predicted octanol–water partition coefficient (Wildman–Crippen LogP) is 2.64. The number of nitrogens with zero attached hydrogens (tertiary/aromatic N) is 5. The summed E-state index contributed by atoms with van der Waals surface area (Å²) in [6.07, 6.45) is -6.26. The molecule has 266 valence electrons. The lowest BCUT2D eigenvalue weighted by atomic mass is 10.1. The lowest BCUT2D eigenvalue weighted by Crippen LogP contribution is -2.56. The molecule has 3 aromatic rings. The molecule has 0 aliphatic carbocycles. The third-order valence-corrected chi connectivity index (χ3v) is 7.73. The van der Waals surface area contributed by atoms with Crippen molar-refractivity contribution in [3.05, 3.63) is 48.3 Å². The first kappa shape index (κ1) is 37.3. The molecular weight excluding hydrogens is 678 g/mol. The molecule has 0 saturated carbocycles. The minimum atomic E-state index is -1.63. The Morgan fingerprint density at radius 3 is 2.12 bits per heavy atom. The van der Waals surface area contributed by atoms with Gasteiger partial charge in [0.05, 0.1) is 5.75 Å². The van der Waals surface area contributed by atoms with Crippen LogP contribution < -0.4 is 4.74 Å². The van der Waals surface area contributed by atoms with Crippen LogP contribution in [0.15, 0.2) is 52.7 Å². The third-order valence-electron chi connectivity index (χ3n) is 6.81. The first-order chi connectivity index (χ1) is 23.7. The molecule has 1 aliphatic heterocycles. The van der Waals surface area contributed by atoms with E-state index in [-0.39, 0.29) is 29.2 Å². The number of esters is 4. The van der Waals surface area contributed by atoms with E-state index >= 15 is 0 Å². The molecule has 0 radical (unpaired) electrons. The number of fused-ring (bicyclic) bond motifs is 1. The second-order valence-electron chi connectivity index (χ2n) is 10.8. The number of aromatic nitrogens is 3. The smallest absolute Gasteiger partial charge is 0.303 e. The Morgan fingerprint density at radius 1 is 0.820 bits per heavy atom. The maximum Gasteiger partial charge on any atom is 0.303 e. The average Bonchev–Trinajstić information content (AvgIpc) is 3.66. The maximum absolute atomic E-state index is 12.7. The SMILES string of the molecule is CC(=O)OC[C@@H](OC(C)=O)[C@@H](OC(C)=O)[C@@H](OC(C)=O)C1OC(CSc2nnc(COc3ccc4ccccc4c3)n2C(C)=O)=NN1C(C)=O. The number of ether oxygens (including phenoxy) is 6. The number of hydrazone groups is 1. The van der Waals surface area contributed by atoms with Gasteiger partial charge in [-0.25, -0.2) is 4.57 Å². The molecule has 18 heteroatoms. The van der Waals surface area contributed by atoms with E-state index in [0.29, 0.717) is 5.75 Å². The summed E-state index contributed by atoms with van der Waals surface area (Å²) in [7, 11) is 0. The summed E-state index contributed by atoms with van der Waals surface area (Å²) in [6.45, 7) is 6.13. The highest BCUT2D eigenvalue weighted by Crippen LogP contribution is 2.28. The van der Waals surface area contributed by atoms with E-state index in [1.165, 1.54) is 11.5 Å². The fourth-order valence-electron chi connectivity index (χ4n) is 4.88. The molecule has 1 aromatic heterocycles. The van der Waals surface area contributed by atoms with Crippen molar-refractivity contribution in [1.29, 1.82) is 0 Å². The van der Waals surface area contributed by atoms with Gasteiger partial charge in [-0.1, -0.05) is 42.1 Å². The van der Waals surface area contributed by atoms with Gasteiger partial charge in [0.25, 0.3) is 0 Å². The van der Waals surface area contributed by atoms with Crippen molar-refractivity contribution in [2.75, 3.05) is 12.4 Å². The van der Waals surface area contributed by atoms with Crippen molar-refractivity contribution in [3.63, 3.8) is 0 Å². The van der Waals surface area contributed by atoms with Crippen molar-refractivity contribution < 1.29 is 57.2 Å². The number of benzene rings is 2. The van der Waals surface area contributed by atoms with Crippen LogP contribution in [0, 0.1) is 0 Å². The Balaban J connectivity index is 1.55. The molecule has 4 atom stereocenters. The monoisotopic (exact) mass is 713 g/mol. The molecule has 0 bridgehead atoms. The molecular formula is C32H35N5O12S. The van der Waals surface area contributed by atoms with E-state index in [9.17, 15) is 28.8 Å². The van der Waals surface area contributed by atoms with Gasteiger partial charge in [-0.05, 0) is 22.9 Å². The summed E-state index contributed by atoms with van der Waals surface area (Å²) >= 11 is 1.00. The molecule has 1 amide bonds. The standard InChI is InChI=1S/C32H35N5O12S/c1-17(38)36-27(15-45-25-12-11-23-9-7-8-10-24(23)13-25)33-34-32(36)50-16-28-35-37(18(2)39)31(49-28)30(48-22(6)43)29(47-21(5)42)26(46-20(4)41)14-44-19(3)40/h7-13,26,29-31H,14-16H2,1-6H3/t26-,29-,30-,31?/m1/s1. The number of carbonyl (C=O) groups is 6. The lowest BCUT2D eigenvalue weighted by molar-refractivity contribution is -0.205. The first-order valence-electron chi connectivity index (χ1n) is 15.1. The van der Waals surface area contributed by atoms with Gasteiger partial charge in [-0.15, -0.1) is 15.3 Å². The van der Waals surface area contributed by atoms with Crippen molar-refractivity contribution in [2.45, 2.75) is 77.8 Å². The summed E-state index contributed by atoms with van der Waals surface area (Å²) in [6, 6.07) is 13.4. The number of amides is 1. The van der Waals surface area contributed by atoms with Gasteiger partial charge < -0.3 is 28.4 Å². The number of hydrogen-bond acceptors (Lipinski definition) is 16. The Labute approximate surface area is 290 Å². The van der Waals surface area contributed by atoms with Crippen molar-refractivity contribution in [1.82, 2.24) is 19.8 Å². The first-order valence-corrected chi connectivity index (χ1v) is 16.1. The van der Waals surface area contributed by atoms with E-state index in [0.717, 1.165) is 62.2 Å². The van der Waals surface area contributed by atoms with Crippen LogP contribution in [-0.4, -0.2) is 98.3 Å². The molecule has 1 unspecified atom stereocenters. The molecule has 4 rings (SSSR count). The fraction of sp³-hybridized carbons (Fsp3) is 0.406. The Kier molecular flexibility index (Phi) is 12.5. The molecule has 0 N–H and O–H groups in total. The second-order valence-corrected chi connectivity index (χ2v) is 11.7. The largest absolute Gasteiger partial charge is 0.486 e. The molecule has 2 heterocycles. The fourth-order valence-corrected chi connectivity index (χ4v) is 5.72. The van der Waals surface area contributed by atoms with Gasteiger partial charge in [0, 0.05) is 41.5 Å². The second kappa shape index (κ2) is 16.7. The molecule has 17 nitrogen and oxygen atoms in total. The zero-order valence-electron chi connectivity index (χ0n) is 28.0. The third kappa shape index (κ3) is 9.77. The van der Waals surface area contributed by atoms with Crippen LogP contribution in [0.1, 0.15) is 52.2 Å². The molecule has 0 fully saturated rings. The zero-order valence-corrected chi connectivity index (χ0v) is 28.8. The van der Waals surface area contributed by atoms with E-state index in [4.69, 9.17) is 28.4 Å². The maximum atomic E-state index is 12.7. The van der Waals surface area contributed by atoms with E-state index < -0.39 is 66.8 Å². The molecule has 50 heavy (non-hydrogen) atoms. The van der Waals surface area contributed by atoms with Crippen LogP contribution in [0.25, 0.3) is 10.8 Å². The van der Waals surface area contributed by atoms with E-state index in [2.05, 4.69) is 15.3 Å². The molecule has 2 aromatic carbocycles. The number of thioether (sulfide) groups is 1. The minimum absolute atomic E-state index is 0.0648. The van der Waals surface area contributed by atoms with Crippen LogP contribution >= 0.6 is 11.8 Å². The minimum Gasteiger partial charge on any atom is -0.486 e. The van der Waals surface area contributed by atoms with E-state index in [1.54, 1.807) is 6.07 Å². The highest BCUT2D eigenvalue weighted by Gasteiger charge is 2.49. The summed E-state index contributed by atoms with van der Waals surface area (Å²) in [5.41, 5.74) is 0. The number of hydrogen-bond donors (Lipinski definition) is 0.